The maximum atomic E-state index is 5.06. The number of rotatable bonds is 5. The fraction of sp³-hybridized carbons (Fsp3) is 0.0426. The summed E-state index contributed by atoms with van der Waals surface area (Å²) in [4.78, 5) is 15.1. The summed E-state index contributed by atoms with van der Waals surface area (Å²) in [5, 5.41) is 5.26. The molecule has 0 bridgehead atoms. The molecular formula is C47H31N5. The van der Waals surface area contributed by atoms with Gasteiger partial charge in [0.15, 0.2) is 17.5 Å². The largest absolute Gasteiger partial charge is 0.309 e. The van der Waals surface area contributed by atoms with E-state index in [9.17, 15) is 0 Å². The minimum Gasteiger partial charge on any atom is -0.309 e. The highest BCUT2D eigenvalue weighted by Gasteiger charge is 2.27. The fourth-order valence-corrected chi connectivity index (χ4v) is 8.39. The maximum absolute atomic E-state index is 5.06. The molecule has 0 aliphatic heterocycles. The molecule has 7 aromatic carbocycles. The molecule has 0 saturated heterocycles. The molecule has 0 saturated carbocycles. The van der Waals surface area contributed by atoms with Crippen molar-refractivity contribution in [2.45, 2.75) is 12.8 Å². The topological polar surface area (TPSA) is 48.5 Å². The van der Waals surface area contributed by atoms with Crippen LogP contribution in [0.1, 0.15) is 11.1 Å². The van der Waals surface area contributed by atoms with Crippen LogP contribution in [0.2, 0.25) is 0 Å². The molecule has 244 valence electrons. The van der Waals surface area contributed by atoms with E-state index in [0.717, 1.165) is 35.2 Å². The van der Waals surface area contributed by atoms with E-state index in [1.54, 1.807) is 0 Å². The highest BCUT2D eigenvalue weighted by molar-refractivity contribution is 6.22. The maximum Gasteiger partial charge on any atom is 0.164 e. The number of aryl methyl sites for hydroxylation is 2. The van der Waals surface area contributed by atoms with Crippen molar-refractivity contribution in [2.75, 3.05) is 0 Å². The normalized spacial score (nSPS) is 12.5. The molecule has 5 heteroatoms. The molecule has 3 heterocycles. The van der Waals surface area contributed by atoms with Crippen molar-refractivity contribution < 1.29 is 0 Å². The van der Waals surface area contributed by atoms with Crippen LogP contribution in [0.3, 0.4) is 0 Å². The number of benzene rings is 7. The van der Waals surface area contributed by atoms with Gasteiger partial charge in [0.25, 0.3) is 0 Å². The molecule has 1 aliphatic rings. The van der Waals surface area contributed by atoms with Gasteiger partial charge in [0, 0.05) is 49.6 Å². The zero-order valence-corrected chi connectivity index (χ0v) is 28.2. The highest BCUT2D eigenvalue weighted by Crippen LogP contribution is 2.46. The van der Waals surface area contributed by atoms with Crippen molar-refractivity contribution >= 4 is 43.6 Å². The standard InChI is InChI=1S/C47H31N5/c1-4-14-31(15-5-1)45-48-46(32-16-6-2-7-17-32)50-47(49-45)33-19-12-22-35(28-33)52-39-24-11-10-23-36(39)38-29-41-43-37(44(38)52)27-26-30-18-13-25-40(42(30)43)51(41)34-20-8-3-9-21-34/h1-25,28-29H,26-27H2. The van der Waals surface area contributed by atoms with E-state index in [4.69, 9.17) is 15.0 Å². The Labute approximate surface area is 300 Å². The van der Waals surface area contributed by atoms with Crippen molar-refractivity contribution in [3.63, 3.8) is 0 Å². The molecular weight excluding hydrogens is 635 g/mol. The van der Waals surface area contributed by atoms with Crippen LogP contribution in [0.15, 0.2) is 164 Å². The van der Waals surface area contributed by atoms with E-state index in [-0.39, 0.29) is 0 Å². The smallest absolute Gasteiger partial charge is 0.164 e. The van der Waals surface area contributed by atoms with Crippen LogP contribution in [0.5, 0.6) is 0 Å². The quantitative estimate of drug-likeness (QED) is 0.184. The van der Waals surface area contributed by atoms with Crippen LogP contribution in [0.4, 0.5) is 0 Å². The predicted octanol–water partition coefficient (Wildman–Crippen LogP) is 11.2. The molecule has 0 spiro atoms. The van der Waals surface area contributed by atoms with Crippen molar-refractivity contribution in [1.82, 2.24) is 24.1 Å². The zero-order valence-electron chi connectivity index (χ0n) is 28.2. The second kappa shape index (κ2) is 11.3. The summed E-state index contributed by atoms with van der Waals surface area (Å²) >= 11 is 0. The Bertz CT molecular complexity index is 2940. The van der Waals surface area contributed by atoms with E-state index in [2.05, 4.69) is 137 Å². The molecule has 52 heavy (non-hydrogen) atoms. The van der Waals surface area contributed by atoms with Gasteiger partial charge in [0.1, 0.15) is 0 Å². The summed E-state index contributed by atoms with van der Waals surface area (Å²) in [5.74, 6) is 1.96. The Kier molecular flexibility index (Phi) is 6.31. The third-order valence-corrected chi connectivity index (χ3v) is 10.6. The third-order valence-electron chi connectivity index (χ3n) is 10.6. The Morgan fingerprint density at radius 2 is 0.962 bits per heavy atom. The summed E-state index contributed by atoms with van der Waals surface area (Å²) in [5.41, 5.74) is 12.9. The fourth-order valence-electron chi connectivity index (χ4n) is 8.39. The van der Waals surface area contributed by atoms with Crippen LogP contribution in [-0.4, -0.2) is 24.1 Å². The first-order valence-corrected chi connectivity index (χ1v) is 17.8. The van der Waals surface area contributed by atoms with Gasteiger partial charge in [0.05, 0.1) is 22.1 Å². The summed E-state index contributed by atoms with van der Waals surface area (Å²) in [6.07, 6.45) is 1.98. The van der Waals surface area contributed by atoms with Crippen LogP contribution in [0.25, 0.3) is 89.2 Å². The molecule has 0 atom stereocenters. The van der Waals surface area contributed by atoms with Gasteiger partial charge >= 0.3 is 0 Å². The van der Waals surface area contributed by atoms with E-state index >= 15 is 0 Å². The van der Waals surface area contributed by atoms with Crippen molar-refractivity contribution in [3.8, 4) is 45.5 Å². The average molecular weight is 666 g/mol. The molecule has 0 fully saturated rings. The first kappa shape index (κ1) is 28.9. The summed E-state index contributed by atoms with van der Waals surface area (Å²) in [6.45, 7) is 0. The lowest BCUT2D eigenvalue weighted by Gasteiger charge is -2.17. The predicted molar refractivity (Wildman–Crippen MR) is 212 cm³/mol. The van der Waals surface area contributed by atoms with Crippen molar-refractivity contribution in [2.24, 2.45) is 0 Å². The summed E-state index contributed by atoms with van der Waals surface area (Å²) in [7, 11) is 0. The van der Waals surface area contributed by atoms with E-state index in [1.807, 2.05) is 36.4 Å². The molecule has 11 rings (SSSR count). The molecule has 1 aliphatic carbocycles. The summed E-state index contributed by atoms with van der Waals surface area (Å²) in [6, 6.07) is 57.9. The lowest BCUT2D eigenvalue weighted by atomic mass is 9.89. The van der Waals surface area contributed by atoms with Crippen LogP contribution < -0.4 is 0 Å². The minimum atomic E-state index is 0.648. The van der Waals surface area contributed by atoms with Gasteiger partial charge in [-0.1, -0.05) is 121 Å². The SMILES string of the molecule is c1ccc(-c2nc(-c3ccccc3)nc(-c3cccc(-n4c5ccccc5c5cc6c7c(c54)CCc4cccc(c47)n6-c4ccccc4)c3)n2)cc1. The molecule has 3 aromatic heterocycles. The Morgan fingerprint density at radius 3 is 1.69 bits per heavy atom. The first-order valence-electron chi connectivity index (χ1n) is 17.8. The van der Waals surface area contributed by atoms with E-state index in [0.29, 0.717) is 17.5 Å². The monoisotopic (exact) mass is 665 g/mol. The van der Waals surface area contributed by atoms with Gasteiger partial charge in [-0.2, -0.15) is 0 Å². The molecule has 0 N–H and O–H groups in total. The number of fused-ring (bicyclic) bond motifs is 4. The number of hydrogen-bond acceptors (Lipinski definition) is 3. The molecule has 0 radical (unpaired) electrons. The minimum absolute atomic E-state index is 0.648. The van der Waals surface area contributed by atoms with Gasteiger partial charge in [-0.25, -0.2) is 15.0 Å². The first-order chi connectivity index (χ1) is 25.8. The Balaban J connectivity index is 1.18. The van der Waals surface area contributed by atoms with Gasteiger partial charge in [-0.05, 0) is 66.4 Å². The van der Waals surface area contributed by atoms with Gasteiger partial charge < -0.3 is 9.13 Å². The average Bonchev–Trinajstić information content (AvgIpc) is 3.74. The third kappa shape index (κ3) is 4.32. The van der Waals surface area contributed by atoms with Crippen LogP contribution in [0, 0.1) is 0 Å². The Hall–Kier alpha value is -6.85. The van der Waals surface area contributed by atoms with Crippen LogP contribution >= 0.6 is 0 Å². The highest BCUT2D eigenvalue weighted by atomic mass is 15.0. The van der Waals surface area contributed by atoms with Crippen molar-refractivity contribution in [1.29, 1.82) is 0 Å². The molecule has 5 nitrogen and oxygen atoms in total. The van der Waals surface area contributed by atoms with Gasteiger partial charge in [-0.15, -0.1) is 0 Å². The lowest BCUT2D eigenvalue weighted by molar-refractivity contribution is 0.969. The molecule has 10 aromatic rings. The number of nitrogens with zero attached hydrogens (tertiary/aromatic N) is 5. The number of para-hydroxylation sites is 2. The molecule has 0 unspecified atom stereocenters. The summed E-state index contributed by atoms with van der Waals surface area (Å²) < 4.78 is 4.94. The van der Waals surface area contributed by atoms with Gasteiger partial charge in [0.2, 0.25) is 0 Å². The van der Waals surface area contributed by atoms with Crippen LogP contribution in [-0.2, 0) is 12.8 Å². The zero-order chi connectivity index (χ0) is 34.2. The van der Waals surface area contributed by atoms with Gasteiger partial charge in [-0.3, -0.25) is 0 Å². The van der Waals surface area contributed by atoms with E-state index in [1.165, 1.54) is 60.4 Å². The van der Waals surface area contributed by atoms with E-state index < -0.39 is 0 Å². The number of hydrogen-bond donors (Lipinski definition) is 0. The second-order valence-electron chi connectivity index (χ2n) is 13.6. The molecule has 0 amide bonds. The Morgan fingerprint density at radius 1 is 0.385 bits per heavy atom. The number of aromatic nitrogens is 5. The second-order valence-corrected chi connectivity index (χ2v) is 13.6. The lowest BCUT2D eigenvalue weighted by Crippen LogP contribution is -2.04. The van der Waals surface area contributed by atoms with Crippen molar-refractivity contribution in [3.05, 3.63) is 175 Å².